The number of carboxylic acids is 1. The highest BCUT2D eigenvalue weighted by Gasteiger charge is 2.30. The SMILES string of the molecule is O=C(O)[C@@H]1CCCc2nn(Cc3ccc(F)cc3F)c(=O)n21. The normalized spacial score (nSPS) is 17.3. The van der Waals surface area contributed by atoms with Crippen LogP contribution in [0.5, 0.6) is 0 Å². The van der Waals surface area contributed by atoms with Crippen molar-refractivity contribution < 1.29 is 18.7 Å². The van der Waals surface area contributed by atoms with Crippen LogP contribution in [0.4, 0.5) is 8.78 Å². The molecule has 1 aromatic heterocycles. The summed E-state index contributed by atoms with van der Waals surface area (Å²) < 4.78 is 28.7. The monoisotopic (exact) mass is 309 g/mol. The first-order chi connectivity index (χ1) is 10.5. The van der Waals surface area contributed by atoms with Gasteiger partial charge in [-0.1, -0.05) is 6.07 Å². The smallest absolute Gasteiger partial charge is 0.347 e. The Morgan fingerprint density at radius 1 is 1.41 bits per heavy atom. The molecule has 0 amide bonds. The van der Waals surface area contributed by atoms with E-state index in [9.17, 15) is 23.5 Å². The van der Waals surface area contributed by atoms with Gasteiger partial charge in [0.2, 0.25) is 0 Å². The van der Waals surface area contributed by atoms with Crippen LogP contribution in [-0.4, -0.2) is 25.4 Å². The number of aryl methyl sites for hydroxylation is 1. The molecule has 3 rings (SSSR count). The van der Waals surface area contributed by atoms with E-state index in [-0.39, 0.29) is 12.1 Å². The molecule has 0 bridgehead atoms. The Labute approximate surface area is 123 Å². The molecule has 1 aliphatic heterocycles. The first-order valence-electron chi connectivity index (χ1n) is 6.82. The van der Waals surface area contributed by atoms with Gasteiger partial charge in [0.1, 0.15) is 23.5 Å². The highest BCUT2D eigenvalue weighted by molar-refractivity contribution is 5.72. The molecule has 1 aromatic carbocycles. The van der Waals surface area contributed by atoms with E-state index < -0.39 is 29.3 Å². The van der Waals surface area contributed by atoms with Crippen molar-refractivity contribution in [2.45, 2.75) is 31.8 Å². The molecular weight excluding hydrogens is 296 g/mol. The number of halogens is 2. The van der Waals surface area contributed by atoms with Gasteiger partial charge < -0.3 is 5.11 Å². The van der Waals surface area contributed by atoms with Gasteiger partial charge in [-0.25, -0.2) is 23.1 Å². The zero-order valence-electron chi connectivity index (χ0n) is 11.5. The van der Waals surface area contributed by atoms with E-state index in [2.05, 4.69) is 5.10 Å². The van der Waals surface area contributed by atoms with Crippen LogP contribution in [0.15, 0.2) is 23.0 Å². The summed E-state index contributed by atoms with van der Waals surface area (Å²) in [7, 11) is 0. The van der Waals surface area contributed by atoms with Crippen LogP contribution < -0.4 is 5.69 Å². The van der Waals surface area contributed by atoms with Crippen molar-refractivity contribution in [3.05, 3.63) is 51.7 Å². The van der Waals surface area contributed by atoms with Crippen LogP contribution in [0.25, 0.3) is 0 Å². The summed E-state index contributed by atoms with van der Waals surface area (Å²) >= 11 is 0. The van der Waals surface area contributed by atoms with E-state index in [0.717, 1.165) is 21.4 Å². The van der Waals surface area contributed by atoms with Gasteiger partial charge in [-0.2, -0.15) is 5.10 Å². The lowest BCUT2D eigenvalue weighted by Gasteiger charge is -2.19. The fourth-order valence-electron chi connectivity index (χ4n) is 2.68. The van der Waals surface area contributed by atoms with Crippen LogP contribution >= 0.6 is 0 Å². The Hall–Kier alpha value is -2.51. The Morgan fingerprint density at radius 2 is 2.18 bits per heavy atom. The molecule has 0 fully saturated rings. The van der Waals surface area contributed by atoms with Gasteiger partial charge in [-0.15, -0.1) is 0 Å². The van der Waals surface area contributed by atoms with Crippen LogP contribution in [0, 0.1) is 11.6 Å². The van der Waals surface area contributed by atoms with Gasteiger partial charge in [0, 0.05) is 18.1 Å². The summed E-state index contributed by atoms with van der Waals surface area (Å²) in [6.45, 7) is -0.169. The van der Waals surface area contributed by atoms with Gasteiger partial charge in [0.25, 0.3) is 0 Å². The van der Waals surface area contributed by atoms with Gasteiger partial charge in [0.05, 0.1) is 6.54 Å². The van der Waals surface area contributed by atoms with Gasteiger partial charge >= 0.3 is 11.7 Å². The largest absolute Gasteiger partial charge is 0.480 e. The molecule has 6 nitrogen and oxygen atoms in total. The number of carbonyl (C=O) groups is 1. The Kier molecular flexibility index (Phi) is 3.51. The lowest BCUT2D eigenvalue weighted by Crippen LogP contribution is -2.34. The number of rotatable bonds is 3. The zero-order valence-corrected chi connectivity index (χ0v) is 11.5. The minimum absolute atomic E-state index is 0.117. The van der Waals surface area contributed by atoms with Crippen molar-refractivity contribution in [3.63, 3.8) is 0 Å². The molecule has 0 saturated carbocycles. The molecule has 116 valence electrons. The maximum atomic E-state index is 13.7. The second kappa shape index (κ2) is 5.36. The molecule has 1 aliphatic rings. The number of hydrogen-bond donors (Lipinski definition) is 1. The summed E-state index contributed by atoms with van der Waals surface area (Å²) in [5.74, 6) is -2.18. The average molecular weight is 309 g/mol. The standard InChI is InChI=1S/C14H13F2N3O3/c15-9-5-4-8(10(16)6-9)7-18-14(22)19-11(13(20)21)2-1-3-12(19)17-18/h4-6,11H,1-3,7H2,(H,20,21)/t11-/m0/s1. The van der Waals surface area contributed by atoms with E-state index >= 15 is 0 Å². The number of nitrogens with zero attached hydrogens (tertiary/aromatic N) is 3. The summed E-state index contributed by atoms with van der Waals surface area (Å²) in [5.41, 5.74) is -0.475. The molecule has 1 atom stereocenters. The topological polar surface area (TPSA) is 77.1 Å². The first-order valence-corrected chi connectivity index (χ1v) is 6.82. The van der Waals surface area contributed by atoms with Crippen LogP contribution in [-0.2, 0) is 17.8 Å². The number of carboxylic acid groups (broad SMARTS) is 1. The van der Waals surface area contributed by atoms with Gasteiger partial charge in [-0.3, -0.25) is 4.57 Å². The van der Waals surface area contributed by atoms with Crippen molar-refractivity contribution in [3.8, 4) is 0 Å². The summed E-state index contributed by atoms with van der Waals surface area (Å²) in [6.07, 6.45) is 1.48. The molecule has 0 saturated heterocycles. The van der Waals surface area contributed by atoms with Gasteiger partial charge in [-0.05, 0) is 18.9 Å². The molecule has 8 heteroatoms. The third-order valence-corrected chi connectivity index (χ3v) is 3.75. The van der Waals surface area contributed by atoms with Crippen molar-refractivity contribution >= 4 is 5.97 Å². The minimum Gasteiger partial charge on any atom is -0.480 e. The Balaban J connectivity index is 2.00. The lowest BCUT2D eigenvalue weighted by atomic mass is 10.1. The fourth-order valence-corrected chi connectivity index (χ4v) is 2.68. The molecule has 1 N–H and O–H groups in total. The molecule has 0 radical (unpaired) electrons. The summed E-state index contributed by atoms with van der Waals surface area (Å²) in [4.78, 5) is 23.5. The first kappa shape index (κ1) is 14.4. The van der Waals surface area contributed by atoms with Crippen LogP contribution in [0.2, 0.25) is 0 Å². The molecule has 2 heterocycles. The van der Waals surface area contributed by atoms with Crippen LogP contribution in [0.1, 0.15) is 30.3 Å². The van der Waals surface area contributed by atoms with E-state index in [4.69, 9.17) is 0 Å². The Bertz CT molecular complexity index is 797. The molecule has 22 heavy (non-hydrogen) atoms. The maximum absolute atomic E-state index is 13.7. The highest BCUT2D eigenvalue weighted by atomic mass is 19.1. The quantitative estimate of drug-likeness (QED) is 0.928. The summed E-state index contributed by atoms with van der Waals surface area (Å²) in [5, 5.41) is 13.3. The molecule has 0 spiro atoms. The van der Waals surface area contributed by atoms with E-state index in [1.807, 2.05) is 0 Å². The lowest BCUT2D eigenvalue weighted by molar-refractivity contribution is -0.141. The van der Waals surface area contributed by atoms with E-state index in [0.29, 0.717) is 25.1 Å². The number of hydrogen-bond acceptors (Lipinski definition) is 3. The number of aliphatic carboxylic acids is 1. The molecule has 0 unspecified atom stereocenters. The third-order valence-electron chi connectivity index (χ3n) is 3.75. The number of benzene rings is 1. The maximum Gasteiger partial charge on any atom is 0.347 e. The Morgan fingerprint density at radius 3 is 2.86 bits per heavy atom. The second-order valence-electron chi connectivity index (χ2n) is 5.21. The van der Waals surface area contributed by atoms with Crippen molar-refractivity contribution in [1.82, 2.24) is 14.3 Å². The third kappa shape index (κ3) is 2.40. The van der Waals surface area contributed by atoms with Crippen molar-refractivity contribution in [2.75, 3.05) is 0 Å². The number of fused-ring (bicyclic) bond motifs is 1. The second-order valence-corrected chi connectivity index (χ2v) is 5.21. The van der Waals surface area contributed by atoms with E-state index in [1.54, 1.807) is 0 Å². The fraction of sp³-hybridized carbons (Fsp3) is 0.357. The van der Waals surface area contributed by atoms with Crippen LogP contribution in [0.3, 0.4) is 0 Å². The van der Waals surface area contributed by atoms with Crippen molar-refractivity contribution in [1.29, 1.82) is 0 Å². The van der Waals surface area contributed by atoms with E-state index in [1.165, 1.54) is 6.07 Å². The predicted octanol–water partition coefficient (Wildman–Crippen LogP) is 1.33. The minimum atomic E-state index is -1.09. The highest BCUT2D eigenvalue weighted by Crippen LogP contribution is 2.22. The summed E-state index contributed by atoms with van der Waals surface area (Å²) in [6, 6.07) is 2.13. The molecule has 2 aromatic rings. The predicted molar refractivity (Wildman–Crippen MR) is 71.6 cm³/mol. The van der Waals surface area contributed by atoms with Crippen molar-refractivity contribution in [2.24, 2.45) is 0 Å². The molecule has 0 aliphatic carbocycles. The average Bonchev–Trinajstić information content (AvgIpc) is 2.78. The number of aromatic nitrogens is 3. The zero-order chi connectivity index (χ0) is 15.9. The van der Waals surface area contributed by atoms with Gasteiger partial charge in [0.15, 0.2) is 0 Å². The molecular formula is C14H13F2N3O3.